The molecule has 0 aliphatic carbocycles. The highest BCUT2D eigenvalue weighted by Gasteiger charge is 2.23. The smallest absolute Gasteiger partial charge is 0.180 e. The van der Waals surface area contributed by atoms with E-state index in [2.05, 4.69) is 34.1 Å². The van der Waals surface area contributed by atoms with E-state index in [0.29, 0.717) is 11.0 Å². The summed E-state index contributed by atoms with van der Waals surface area (Å²) in [5.41, 5.74) is 6.84. The van der Waals surface area contributed by atoms with Crippen molar-refractivity contribution in [3.05, 3.63) is 40.3 Å². The molecule has 0 spiro atoms. The van der Waals surface area contributed by atoms with E-state index in [1.54, 1.807) is 11.3 Å². The van der Waals surface area contributed by atoms with Gasteiger partial charge in [0.05, 0.1) is 15.2 Å². The number of nitrogens with two attached hydrogens (primary N) is 1. The molecule has 0 saturated carbocycles. The number of rotatable bonds is 3. The van der Waals surface area contributed by atoms with Gasteiger partial charge < -0.3 is 5.73 Å². The van der Waals surface area contributed by atoms with Crippen molar-refractivity contribution < 1.29 is 0 Å². The monoisotopic (exact) mass is 366 g/mol. The van der Waals surface area contributed by atoms with Crippen LogP contribution in [0, 0.1) is 0 Å². The summed E-state index contributed by atoms with van der Waals surface area (Å²) < 4.78 is 1.31. The number of anilines is 1. The number of aromatic nitrogens is 2. The predicted molar refractivity (Wildman–Crippen MR) is 101 cm³/mol. The van der Waals surface area contributed by atoms with Crippen LogP contribution in [0.15, 0.2) is 30.5 Å². The Balaban J connectivity index is 0.00000156. The second kappa shape index (κ2) is 7.13. The highest BCUT2D eigenvalue weighted by atomic mass is 35.5. The fraction of sp³-hybridized carbons (Fsp3) is 0.375. The number of halogens is 1. The van der Waals surface area contributed by atoms with Gasteiger partial charge in [-0.25, -0.2) is 9.97 Å². The molecule has 1 aliphatic rings. The zero-order chi connectivity index (χ0) is 14.9. The van der Waals surface area contributed by atoms with Gasteiger partial charge in [0, 0.05) is 23.5 Å². The average molecular weight is 367 g/mol. The van der Waals surface area contributed by atoms with Gasteiger partial charge in [0.25, 0.3) is 0 Å². The standard InChI is InChI=1S/C16H18N4S2.ClH/c17-16-18-9-12(21-16)10-20-7-5-11(6-8-20)15-19-13-3-1-2-4-14(13)22-15;/h1-4,9,11H,5-8,10H2,(H2,17,18);1H. The third-order valence-electron chi connectivity index (χ3n) is 4.20. The Morgan fingerprint density at radius 1 is 1.17 bits per heavy atom. The third kappa shape index (κ3) is 3.66. The number of nitrogens with zero attached hydrogens (tertiary/aromatic N) is 3. The second-order valence-electron chi connectivity index (χ2n) is 5.74. The van der Waals surface area contributed by atoms with E-state index in [9.17, 15) is 0 Å². The molecule has 4 rings (SSSR count). The van der Waals surface area contributed by atoms with E-state index < -0.39 is 0 Å². The molecular formula is C16H19ClN4S2. The van der Waals surface area contributed by atoms with Gasteiger partial charge in [-0.1, -0.05) is 12.1 Å². The normalized spacial score (nSPS) is 16.5. The lowest BCUT2D eigenvalue weighted by Gasteiger charge is -2.30. The number of nitrogen functional groups attached to an aromatic ring is 1. The van der Waals surface area contributed by atoms with Gasteiger partial charge in [-0.3, -0.25) is 4.90 Å². The molecule has 4 nitrogen and oxygen atoms in total. The molecule has 0 bridgehead atoms. The van der Waals surface area contributed by atoms with Crippen LogP contribution in [0.4, 0.5) is 5.13 Å². The van der Waals surface area contributed by atoms with Crippen molar-refractivity contribution in [3.63, 3.8) is 0 Å². The molecule has 122 valence electrons. The molecule has 1 saturated heterocycles. The Kier molecular flexibility index (Phi) is 5.16. The van der Waals surface area contributed by atoms with E-state index in [1.807, 2.05) is 17.5 Å². The number of benzene rings is 1. The molecule has 0 amide bonds. The quantitative estimate of drug-likeness (QED) is 0.757. The van der Waals surface area contributed by atoms with Gasteiger partial charge in [-0.15, -0.1) is 35.1 Å². The predicted octanol–water partition coefficient (Wildman–Crippen LogP) is 4.14. The minimum atomic E-state index is 0. The van der Waals surface area contributed by atoms with Crippen molar-refractivity contribution in [1.82, 2.24) is 14.9 Å². The first-order valence-electron chi connectivity index (χ1n) is 7.56. The molecule has 3 heterocycles. The number of para-hydroxylation sites is 1. The number of hydrogen-bond donors (Lipinski definition) is 1. The van der Waals surface area contributed by atoms with Gasteiger partial charge >= 0.3 is 0 Å². The highest BCUT2D eigenvalue weighted by Crippen LogP contribution is 2.34. The number of likely N-dealkylation sites (tertiary alicyclic amines) is 1. The van der Waals surface area contributed by atoms with Gasteiger partial charge in [-0.05, 0) is 38.1 Å². The summed E-state index contributed by atoms with van der Waals surface area (Å²) in [6.07, 6.45) is 4.28. The van der Waals surface area contributed by atoms with Gasteiger partial charge in [0.2, 0.25) is 0 Å². The van der Waals surface area contributed by atoms with Crippen LogP contribution in [-0.2, 0) is 6.54 Å². The van der Waals surface area contributed by atoms with Gasteiger partial charge in [0.1, 0.15) is 0 Å². The van der Waals surface area contributed by atoms with Crippen molar-refractivity contribution >= 4 is 50.4 Å². The zero-order valence-corrected chi connectivity index (χ0v) is 15.1. The Morgan fingerprint density at radius 3 is 2.65 bits per heavy atom. The maximum absolute atomic E-state index is 5.70. The summed E-state index contributed by atoms with van der Waals surface area (Å²) in [5.74, 6) is 0.611. The molecule has 0 unspecified atom stereocenters. The number of thiazole rings is 2. The van der Waals surface area contributed by atoms with Crippen LogP contribution in [0.3, 0.4) is 0 Å². The summed E-state index contributed by atoms with van der Waals surface area (Å²) in [7, 11) is 0. The number of fused-ring (bicyclic) bond motifs is 1. The van der Waals surface area contributed by atoms with Crippen LogP contribution in [0.5, 0.6) is 0 Å². The SMILES string of the molecule is Cl.Nc1ncc(CN2CCC(c3nc4ccccc4s3)CC2)s1. The molecule has 0 atom stereocenters. The Bertz CT molecular complexity index is 744. The van der Waals surface area contributed by atoms with E-state index in [0.717, 1.165) is 25.2 Å². The summed E-state index contributed by atoms with van der Waals surface area (Å²) in [6.45, 7) is 3.22. The largest absolute Gasteiger partial charge is 0.375 e. The van der Waals surface area contributed by atoms with Gasteiger partial charge in [0.15, 0.2) is 5.13 Å². The fourth-order valence-electron chi connectivity index (χ4n) is 3.02. The maximum Gasteiger partial charge on any atom is 0.180 e. The zero-order valence-electron chi connectivity index (χ0n) is 12.6. The first-order valence-corrected chi connectivity index (χ1v) is 9.19. The van der Waals surface area contributed by atoms with Crippen LogP contribution < -0.4 is 5.73 Å². The average Bonchev–Trinajstić information content (AvgIpc) is 3.14. The molecule has 23 heavy (non-hydrogen) atoms. The highest BCUT2D eigenvalue weighted by molar-refractivity contribution is 7.18. The van der Waals surface area contributed by atoms with E-state index in [-0.39, 0.29) is 12.4 Å². The lowest BCUT2D eigenvalue weighted by atomic mass is 9.97. The van der Waals surface area contributed by atoms with Crippen LogP contribution in [0.2, 0.25) is 0 Å². The van der Waals surface area contributed by atoms with E-state index >= 15 is 0 Å². The third-order valence-corrected chi connectivity index (χ3v) is 6.21. The van der Waals surface area contributed by atoms with Crippen LogP contribution in [0.1, 0.15) is 28.6 Å². The first-order chi connectivity index (χ1) is 10.8. The lowest BCUT2D eigenvalue weighted by molar-refractivity contribution is 0.206. The molecule has 1 fully saturated rings. The van der Waals surface area contributed by atoms with E-state index in [4.69, 9.17) is 10.7 Å². The molecule has 1 aromatic carbocycles. The Morgan fingerprint density at radius 2 is 1.96 bits per heavy atom. The minimum absolute atomic E-state index is 0. The van der Waals surface area contributed by atoms with Crippen molar-refractivity contribution in [2.75, 3.05) is 18.8 Å². The van der Waals surface area contributed by atoms with Crippen molar-refractivity contribution in [2.24, 2.45) is 0 Å². The molecule has 0 radical (unpaired) electrons. The molecule has 7 heteroatoms. The maximum atomic E-state index is 5.70. The van der Waals surface area contributed by atoms with Crippen molar-refractivity contribution in [3.8, 4) is 0 Å². The summed E-state index contributed by atoms with van der Waals surface area (Å²) in [4.78, 5) is 12.7. The first kappa shape index (κ1) is 16.6. The Labute approximate surface area is 149 Å². The second-order valence-corrected chi connectivity index (χ2v) is 7.94. The fourth-order valence-corrected chi connectivity index (χ4v) is 4.88. The summed E-state index contributed by atoms with van der Waals surface area (Å²) in [5, 5.41) is 1.97. The lowest BCUT2D eigenvalue weighted by Crippen LogP contribution is -2.32. The van der Waals surface area contributed by atoms with Crippen LogP contribution in [0.25, 0.3) is 10.2 Å². The molecule has 3 aromatic rings. The van der Waals surface area contributed by atoms with Crippen molar-refractivity contribution in [2.45, 2.75) is 25.3 Å². The molecular weight excluding hydrogens is 348 g/mol. The van der Waals surface area contributed by atoms with Crippen molar-refractivity contribution in [1.29, 1.82) is 0 Å². The van der Waals surface area contributed by atoms with Crippen LogP contribution in [-0.4, -0.2) is 28.0 Å². The Hall–Kier alpha value is -1.21. The topological polar surface area (TPSA) is 55.0 Å². The molecule has 1 aliphatic heterocycles. The molecule has 2 aromatic heterocycles. The van der Waals surface area contributed by atoms with Gasteiger partial charge in [-0.2, -0.15) is 0 Å². The summed E-state index contributed by atoms with van der Waals surface area (Å²) in [6, 6.07) is 8.43. The minimum Gasteiger partial charge on any atom is -0.375 e. The number of piperidine rings is 1. The van der Waals surface area contributed by atoms with Crippen LogP contribution >= 0.6 is 35.1 Å². The number of hydrogen-bond acceptors (Lipinski definition) is 6. The molecule has 2 N–H and O–H groups in total. The summed E-state index contributed by atoms with van der Waals surface area (Å²) >= 11 is 3.45. The van der Waals surface area contributed by atoms with E-state index in [1.165, 1.54) is 27.4 Å².